The SMILES string of the molecule is CCC[C@H]1CC[C@H](C(=O)N[C@@H]([C@H]2O[C@H](SCCOC(=O)c3ccccc3CO)[C@H](O)[C@@H](O)[C@H]2O)[C@@H](C)OC)C1. The molecule has 3 rings (SSSR count). The molecule has 0 radical (unpaired) electrons. The number of methoxy groups -OCH3 is 1. The van der Waals surface area contributed by atoms with Gasteiger partial charge in [-0.3, -0.25) is 4.79 Å². The number of benzene rings is 1. The summed E-state index contributed by atoms with van der Waals surface area (Å²) in [6.07, 6.45) is -1.12. The maximum Gasteiger partial charge on any atom is 0.338 e. The van der Waals surface area contributed by atoms with E-state index >= 15 is 0 Å². The Hall–Kier alpha value is -1.73. The zero-order valence-corrected chi connectivity index (χ0v) is 23.7. The lowest BCUT2D eigenvalue weighted by Gasteiger charge is -2.44. The normalized spacial score (nSPS) is 30.5. The molecule has 5 N–H and O–H groups in total. The number of ether oxygens (including phenoxy) is 3. The van der Waals surface area contributed by atoms with Gasteiger partial charge < -0.3 is 40.0 Å². The second-order valence-corrected chi connectivity index (χ2v) is 11.6. The number of hydrogen-bond donors (Lipinski definition) is 5. The van der Waals surface area contributed by atoms with Gasteiger partial charge >= 0.3 is 5.97 Å². The molecule has 1 aliphatic heterocycles. The number of amides is 1. The van der Waals surface area contributed by atoms with Crippen molar-refractivity contribution in [3.05, 3.63) is 35.4 Å². The summed E-state index contributed by atoms with van der Waals surface area (Å²) in [5.74, 6) is -0.0615. The molecule has 9 atom stereocenters. The van der Waals surface area contributed by atoms with Crippen LogP contribution in [0.5, 0.6) is 0 Å². The lowest BCUT2D eigenvalue weighted by Crippen LogP contribution is -2.65. The topological polar surface area (TPSA) is 155 Å². The number of rotatable bonds is 13. The van der Waals surface area contributed by atoms with Gasteiger partial charge in [-0.15, -0.1) is 11.8 Å². The molecule has 1 saturated heterocycles. The van der Waals surface area contributed by atoms with E-state index in [2.05, 4.69) is 12.2 Å². The molecule has 10 nitrogen and oxygen atoms in total. The van der Waals surface area contributed by atoms with Crippen LogP contribution in [-0.4, -0.2) is 93.8 Å². The number of aliphatic hydroxyl groups excluding tert-OH is 4. The Balaban J connectivity index is 1.60. The number of thioether (sulfide) groups is 1. The molecular weight excluding hydrogens is 526 g/mol. The van der Waals surface area contributed by atoms with Crippen molar-refractivity contribution in [3.63, 3.8) is 0 Å². The molecule has 1 heterocycles. The summed E-state index contributed by atoms with van der Waals surface area (Å²) in [7, 11) is 1.49. The molecule has 1 aromatic rings. The van der Waals surface area contributed by atoms with Crippen molar-refractivity contribution < 1.29 is 44.2 Å². The highest BCUT2D eigenvalue weighted by molar-refractivity contribution is 7.99. The van der Waals surface area contributed by atoms with Gasteiger partial charge in [0.15, 0.2) is 0 Å². The molecule has 1 amide bonds. The quantitative estimate of drug-likeness (QED) is 0.175. The minimum atomic E-state index is -1.51. The van der Waals surface area contributed by atoms with Crippen molar-refractivity contribution in [2.45, 2.75) is 94.6 Å². The van der Waals surface area contributed by atoms with Gasteiger partial charge in [0.2, 0.25) is 5.91 Å². The van der Waals surface area contributed by atoms with E-state index in [1.54, 1.807) is 31.2 Å². The first kappa shape index (κ1) is 31.8. The van der Waals surface area contributed by atoms with Crippen molar-refractivity contribution in [2.24, 2.45) is 11.8 Å². The fraction of sp³-hybridized carbons (Fsp3) is 0.714. The Kier molecular flexibility index (Phi) is 12.5. The lowest BCUT2D eigenvalue weighted by molar-refractivity contribution is -0.212. The lowest BCUT2D eigenvalue weighted by atomic mass is 9.91. The summed E-state index contributed by atoms with van der Waals surface area (Å²) in [6.45, 7) is 3.59. The molecule has 0 aromatic heterocycles. The zero-order valence-electron chi connectivity index (χ0n) is 22.9. The Morgan fingerprint density at radius 3 is 2.59 bits per heavy atom. The van der Waals surface area contributed by atoms with Crippen molar-refractivity contribution in [3.8, 4) is 0 Å². The summed E-state index contributed by atoms with van der Waals surface area (Å²) >= 11 is 1.13. The predicted octanol–water partition coefficient (Wildman–Crippen LogP) is 1.61. The first-order valence-electron chi connectivity index (χ1n) is 13.7. The minimum Gasteiger partial charge on any atom is -0.461 e. The highest BCUT2D eigenvalue weighted by Gasteiger charge is 2.49. The second-order valence-electron chi connectivity index (χ2n) is 10.4. The van der Waals surface area contributed by atoms with Crippen LogP contribution in [0.4, 0.5) is 0 Å². The minimum absolute atomic E-state index is 0.00555. The van der Waals surface area contributed by atoms with E-state index in [9.17, 15) is 30.0 Å². The van der Waals surface area contributed by atoms with Crippen molar-refractivity contribution in [1.29, 1.82) is 0 Å². The van der Waals surface area contributed by atoms with Crippen LogP contribution in [-0.2, 0) is 25.6 Å². The van der Waals surface area contributed by atoms with E-state index < -0.39 is 48.0 Å². The fourth-order valence-corrected chi connectivity index (χ4v) is 6.40. The van der Waals surface area contributed by atoms with Crippen LogP contribution < -0.4 is 5.32 Å². The van der Waals surface area contributed by atoms with E-state index in [4.69, 9.17) is 14.2 Å². The van der Waals surface area contributed by atoms with Crippen LogP contribution in [0, 0.1) is 11.8 Å². The Bertz CT molecular complexity index is 934. The van der Waals surface area contributed by atoms with Gasteiger partial charge in [0.05, 0.1) is 24.3 Å². The molecule has 1 aromatic carbocycles. The molecule has 11 heteroatoms. The van der Waals surface area contributed by atoms with E-state index in [1.807, 2.05) is 0 Å². The number of esters is 1. The van der Waals surface area contributed by atoms with Crippen LogP contribution in [0.15, 0.2) is 24.3 Å². The first-order valence-corrected chi connectivity index (χ1v) is 14.8. The molecule has 220 valence electrons. The maximum absolute atomic E-state index is 13.2. The van der Waals surface area contributed by atoms with E-state index in [0.29, 0.717) is 11.5 Å². The fourth-order valence-electron chi connectivity index (χ4n) is 5.42. The molecule has 0 bridgehead atoms. The largest absolute Gasteiger partial charge is 0.461 e. The molecule has 0 spiro atoms. The molecule has 2 fully saturated rings. The number of hydrogen-bond acceptors (Lipinski definition) is 10. The Labute approximate surface area is 234 Å². The summed E-state index contributed by atoms with van der Waals surface area (Å²) < 4.78 is 16.9. The van der Waals surface area contributed by atoms with Crippen molar-refractivity contribution >= 4 is 23.6 Å². The Morgan fingerprint density at radius 2 is 1.90 bits per heavy atom. The summed E-state index contributed by atoms with van der Waals surface area (Å²) in [5, 5.41) is 44.4. The summed E-state index contributed by atoms with van der Waals surface area (Å²) in [6, 6.07) is 5.83. The molecule has 1 saturated carbocycles. The van der Waals surface area contributed by atoms with Gasteiger partial charge in [-0.2, -0.15) is 0 Å². The second kappa shape index (κ2) is 15.3. The molecular formula is C28H43NO9S. The Morgan fingerprint density at radius 1 is 1.15 bits per heavy atom. The summed E-state index contributed by atoms with van der Waals surface area (Å²) in [4.78, 5) is 25.6. The molecule has 2 aliphatic rings. The number of carbonyl (C=O) groups is 2. The van der Waals surface area contributed by atoms with Crippen LogP contribution >= 0.6 is 11.8 Å². The molecule has 0 unspecified atom stereocenters. The van der Waals surface area contributed by atoms with Crippen LogP contribution in [0.3, 0.4) is 0 Å². The first-order chi connectivity index (χ1) is 18.7. The van der Waals surface area contributed by atoms with Gasteiger partial charge in [0.25, 0.3) is 0 Å². The number of aliphatic hydroxyl groups is 4. The third kappa shape index (κ3) is 8.16. The highest BCUT2D eigenvalue weighted by Crippen LogP contribution is 2.35. The van der Waals surface area contributed by atoms with E-state index in [-0.39, 0.29) is 36.4 Å². The summed E-state index contributed by atoms with van der Waals surface area (Å²) in [5.41, 5.74) is -0.214. The zero-order chi connectivity index (χ0) is 28.5. The van der Waals surface area contributed by atoms with Gasteiger partial charge in [0, 0.05) is 18.8 Å². The monoisotopic (exact) mass is 569 g/mol. The predicted molar refractivity (Wildman–Crippen MR) is 146 cm³/mol. The van der Waals surface area contributed by atoms with Gasteiger partial charge in [-0.25, -0.2) is 4.79 Å². The van der Waals surface area contributed by atoms with Crippen LogP contribution in [0.1, 0.15) is 61.9 Å². The average molecular weight is 570 g/mol. The van der Waals surface area contributed by atoms with Crippen molar-refractivity contribution in [2.75, 3.05) is 19.5 Å². The highest BCUT2D eigenvalue weighted by atomic mass is 32.2. The third-order valence-electron chi connectivity index (χ3n) is 7.76. The molecule has 39 heavy (non-hydrogen) atoms. The van der Waals surface area contributed by atoms with Gasteiger partial charge in [-0.1, -0.05) is 38.0 Å². The maximum atomic E-state index is 13.2. The van der Waals surface area contributed by atoms with Gasteiger partial charge in [-0.05, 0) is 43.7 Å². The number of nitrogens with one attached hydrogen (secondary N) is 1. The van der Waals surface area contributed by atoms with Gasteiger partial charge in [0.1, 0.15) is 36.5 Å². The third-order valence-corrected chi connectivity index (χ3v) is 8.88. The average Bonchev–Trinajstić information content (AvgIpc) is 3.42. The van der Waals surface area contributed by atoms with Crippen LogP contribution in [0.2, 0.25) is 0 Å². The van der Waals surface area contributed by atoms with Crippen LogP contribution in [0.25, 0.3) is 0 Å². The van der Waals surface area contributed by atoms with E-state index in [0.717, 1.165) is 43.9 Å². The smallest absolute Gasteiger partial charge is 0.338 e. The van der Waals surface area contributed by atoms with Crippen molar-refractivity contribution in [1.82, 2.24) is 5.32 Å². The number of carbonyl (C=O) groups excluding carboxylic acids is 2. The van der Waals surface area contributed by atoms with E-state index in [1.165, 1.54) is 7.11 Å². The molecule has 1 aliphatic carbocycles. The standard InChI is InChI=1S/C28H43NO9S/c1-4-7-17-10-11-18(14-17)26(34)29-21(16(2)36-3)25-23(32)22(31)24(33)28(38-25)39-13-12-37-27(35)20-9-6-5-8-19(20)15-30/h5-6,8-9,16-18,21-25,28,30-33H,4,7,10-15H2,1-3H3,(H,29,34)/t16-,17+,18+,21-,22+,23-,24-,25-,28-/m1/s1.